The molecule has 0 radical (unpaired) electrons. The number of hydrogen-bond donors (Lipinski definition) is 5. The van der Waals surface area contributed by atoms with Crippen LogP contribution in [-0.4, -0.2) is 134 Å². The van der Waals surface area contributed by atoms with Crippen molar-refractivity contribution >= 4 is 53.1 Å². The van der Waals surface area contributed by atoms with E-state index in [2.05, 4.69) is 21.3 Å². The maximum atomic E-state index is 13.9. The molecule has 1 saturated heterocycles. The summed E-state index contributed by atoms with van der Waals surface area (Å²) in [7, 11) is 3.43. The standard InChI is InChI=1S/C41H62N8O10/c1-26(2)35(37(55)44-28-13-11-27(12-14-28)22-59-39(57)47(8)19-17-43-7)46-36(54)30-10-9-18-48(30)38(56)29(20-31(42)50)45-32(51)21-40(3,4)24-58-25-41(5,6)23-49-33(52)15-16-34(49)53/h11-16,26,29-30,35,43H,9-10,17-25H2,1-8H3,(H2,42,50)(H,44,55)(H,45,51)(H,46,54)/t29-,30-,35?/m0/s1. The van der Waals surface area contributed by atoms with Gasteiger partial charge in [0, 0.05) is 62.9 Å². The molecule has 3 atom stereocenters. The second-order valence-corrected chi connectivity index (χ2v) is 17.1. The van der Waals surface area contributed by atoms with Gasteiger partial charge in [-0.2, -0.15) is 0 Å². The van der Waals surface area contributed by atoms with Crippen LogP contribution in [0.4, 0.5) is 10.5 Å². The molecule has 1 fully saturated rings. The highest BCUT2D eigenvalue weighted by atomic mass is 16.6. The molecule has 326 valence electrons. The normalized spacial score (nSPS) is 16.5. The maximum absolute atomic E-state index is 13.9. The van der Waals surface area contributed by atoms with Gasteiger partial charge in [-0.1, -0.05) is 53.7 Å². The smallest absolute Gasteiger partial charge is 0.409 e. The molecule has 59 heavy (non-hydrogen) atoms. The maximum Gasteiger partial charge on any atom is 0.409 e. The van der Waals surface area contributed by atoms with Crippen molar-refractivity contribution in [3.05, 3.63) is 42.0 Å². The number of nitrogens with zero attached hydrogens (tertiary/aromatic N) is 3. The van der Waals surface area contributed by atoms with Gasteiger partial charge in [0.1, 0.15) is 24.7 Å². The van der Waals surface area contributed by atoms with Crippen LogP contribution in [0.2, 0.25) is 0 Å². The molecule has 18 heteroatoms. The second-order valence-electron chi connectivity index (χ2n) is 17.1. The Balaban J connectivity index is 1.57. The van der Waals surface area contributed by atoms with Crippen LogP contribution < -0.4 is 27.0 Å². The van der Waals surface area contributed by atoms with Gasteiger partial charge in [0.25, 0.3) is 11.8 Å². The number of benzene rings is 1. The number of likely N-dealkylation sites (tertiary alicyclic amines) is 1. The first-order valence-corrected chi connectivity index (χ1v) is 19.8. The first kappa shape index (κ1) is 48.0. The van der Waals surface area contributed by atoms with Crippen molar-refractivity contribution in [2.75, 3.05) is 58.8 Å². The fourth-order valence-electron chi connectivity index (χ4n) is 6.61. The van der Waals surface area contributed by atoms with E-state index in [0.717, 1.165) is 4.90 Å². The molecule has 0 saturated carbocycles. The van der Waals surface area contributed by atoms with Crippen molar-refractivity contribution in [1.29, 1.82) is 0 Å². The van der Waals surface area contributed by atoms with Gasteiger partial charge in [0.05, 0.1) is 19.6 Å². The number of carbonyl (C=O) groups is 8. The summed E-state index contributed by atoms with van der Waals surface area (Å²) in [5.41, 5.74) is 5.38. The number of rotatable bonds is 22. The number of imide groups is 1. The van der Waals surface area contributed by atoms with Crippen molar-refractivity contribution in [2.24, 2.45) is 22.5 Å². The zero-order valence-electron chi connectivity index (χ0n) is 35.6. The van der Waals surface area contributed by atoms with E-state index in [0.29, 0.717) is 37.2 Å². The van der Waals surface area contributed by atoms with Gasteiger partial charge >= 0.3 is 6.09 Å². The molecule has 2 aliphatic rings. The lowest BCUT2D eigenvalue weighted by atomic mass is 9.89. The minimum atomic E-state index is -1.33. The molecule has 0 spiro atoms. The zero-order chi connectivity index (χ0) is 44.1. The molecule has 0 aromatic heterocycles. The first-order chi connectivity index (χ1) is 27.6. The summed E-state index contributed by atoms with van der Waals surface area (Å²) in [5.74, 6) is -4.13. The van der Waals surface area contributed by atoms with Crippen LogP contribution in [0.15, 0.2) is 36.4 Å². The van der Waals surface area contributed by atoms with Crippen molar-refractivity contribution in [2.45, 2.75) is 92.0 Å². The van der Waals surface area contributed by atoms with E-state index < -0.39 is 71.0 Å². The third-order valence-electron chi connectivity index (χ3n) is 9.83. The summed E-state index contributed by atoms with van der Waals surface area (Å²) in [6.07, 6.45) is 2.19. The molecule has 3 rings (SSSR count). The number of anilines is 1. The summed E-state index contributed by atoms with van der Waals surface area (Å²) in [5, 5.41) is 11.2. The minimum Gasteiger partial charge on any atom is -0.445 e. The Kier molecular flexibility index (Phi) is 17.6. The van der Waals surface area contributed by atoms with Gasteiger partial charge in [0.2, 0.25) is 29.5 Å². The average molecular weight is 827 g/mol. The van der Waals surface area contributed by atoms with E-state index in [1.807, 2.05) is 13.8 Å². The summed E-state index contributed by atoms with van der Waals surface area (Å²) in [6, 6.07) is 3.49. The SMILES string of the molecule is CNCCN(C)C(=O)OCc1ccc(NC(=O)C(NC(=O)[C@@H]2CCCN2C(=O)[C@H](CC(N)=O)NC(=O)CC(C)(C)COCC(C)(C)CN2C(=O)C=CC2=O)C(C)C)cc1. The number of hydrogen-bond acceptors (Lipinski definition) is 11. The van der Waals surface area contributed by atoms with Gasteiger partial charge < -0.3 is 46.3 Å². The topological polar surface area (TPSA) is 239 Å². The molecule has 0 aliphatic carbocycles. The Morgan fingerprint density at radius 3 is 2.17 bits per heavy atom. The van der Waals surface area contributed by atoms with Gasteiger partial charge in [-0.05, 0) is 48.9 Å². The highest BCUT2D eigenvalue weighted by Crippen LogP contribution is 2.26. The van der Waals surface area contributed by atoms with Crippen molar-refractivity contribution in [3.8, 4) is 0 Å². The Morgan fingerprint density at radius 2 is 1.58 bits per heavy atom. The third kappa shape index (κ3) is 15.1. The van der Waals surface area contributed by atoms with E-state index in [-0.39, 0.29) is 57.1 Å². The molecular formula is C41H62N8O10. The van der Waals surface area contributed by atoms with Gasteiger partial charge in [0.15, 0.2) is 0 Å². The van der Waals surface area contributed by atoms with Crippen molar-refractivity contribution < 1.29 is 47.8 Å². The quantitative estimate of drug-likeness (QED) is 0.104. The van der Waals surface area contributed by atoms with Gasteiger partial charge in [-0.25, -0.2) is 4.79 Å². The van der Waals surface area contributed by atoms with Crippen LogP contribution in [-0.2, 0) is 49.6 Å². The molecule has 8 amide bonds. The van der Waals surface area contributed by atoms with Crippen molar-refractivity contribution in [1.82, 2.24) is 30.7 Å². The molecule has 1 unspecified atom stereocenters. The van der Waals surface area contributed by atoms with Gasteiger partial charge in [-0.3, -0.25) is 38.5 Å². The number of primary amides is 1. The lowest BCUT2D eigenvalue weighted by Crippen LogP contribution is -2.57. The minimum absolute atomic E-state index is 0.0441. The number of carbonyl (C=O) groups excluding carboxylic acids is 8. The van der Waals surface area contributed by atoms with Crippen LogP contribution >= 0.6 is 0 Å². The molecule has 2 aliphatic heterocycles. The Morgan fingerprint density at radius 1 is 0.949 bits per heavy atom. The van der Waals surface area contributed by atoms with E-state index in [9.17, 15) is 38.4 Å². The number of nitrogens with two attached hydrogens (primary N) is 1. The van der Waals surface area contributed by atoms with E-state index in [1.54, 1.807) is 66.1 Å². The lowest BCUT2D eigenvalue weighted by Gasteiger charge is -2.32. The number of amides is 8. The predicted molar refractivity (Wildman–Crippen MR) is 218 cm³/mol. The molecule has 1 aromatic rings. The Bertz CT molecular complexity index is 1710. The molecule has 1 aromatic carbocycles. The lowest BCUT2D eigenvalue weighted by molar-refractivity contribution is -0.143. The van der Waals surface area contributed by atoms with E-state index >= 15 is 0 Å². The molecule has 0 bridgehead atoms. The molecule has 6 N–H and O–H groups in total. The monoisotopic (exact) mass is 826 g/mol. The average Bonchev–Trinajstić information content (AvgIpc) is 3.77. The predicted octanol–water partition coefficient (Wildman–Crippen LogP) is 1.29. The summed E-state index contributed by atoms with van der Waals surface area (Å²) >= 11 is 0. The van der Waals surface area contributed by atoms with Crippen LogP contribution in [0.5, 0.6) is 0 Å². The fraction of sp³-hybridized carbons (Fsp3) is 0.610. The van der Waals surface area contributed by atoms with Crippen molar-refractivity contribution in [3.63, 3.8) is 0 Å². The van der Waals surface area contributed by atoms with E-state index in [4.69, 9.17) is 15.2 Å². The molecule has 2 heterocycles. The van der Waals surface area contributed by atoms with Gasteiger partial charge in [-0.15, -0.1) is 0 Å². The molecular weight excluding hydrogens is 764 g/mol. The summed E-state index contributed by atoms with van der Waals surface area (Å²) in [6.45, 7) is 12.7. The number of ether oxygens (including phenoxy) is 2. The van der Waals surface area contributed by atoms with E-state index in [1.165, 1.54) is 22.0 Å². The third-order valence-corrected chi connectivity index (χ3v) is 9.83. The Labute approximate surface area is 346 Å². The van der Waals surface area contributed by atoms with Crippen LogP contribution in [0, 0.1) is 16.7 Å². The van der Waals surface area contributed by atoms with Crippen LogP contribution in [0.25, 0.3) is 0 Å². The largest absolute Gasteiger partial charge is 0.445 e. The van der Waals surface area contributed by atoms with Crippen LogP contribution in [0.1, 0.15) is 72.8 Å². The summed E-state index contributed by atoms with van der Waals surface area (Å²) < 4.78 is 11.3. The second kappa shape index (κ2) is 21.6. The highest BCUT2D eigenvalue weighted by Gasteiger charge is 2.40. The van der Waals surface area contributed by atoms with Crippen LogP contribution in [0.3, 0.4) is 0 Å². The fourth-order valence-corrected chi connectivity index (χ4v) is 6.61. The highest BCUT2D eigenvalue weighted by molar-refractivity contribution is 6.12. The Hall–Kier alpha value is -5.36. The zero-order valence-corrected chi connectivity index (χ0v) is 35.6. The number of nitrogens with one attached hydrogen (secondary N) is 4. The molecule has 18 nitrogen and oxygen atoms in total. The first-order valence-electron chi connectivity index (χ1n) is 19.8. The number of likely N-dealkylation sites (N-methyl/N-ethyl adjacent to an activating group) is 2. The summed E-state index contributed by atoms with van der Waals surface area (Å²) in [4.78, 5) is 106.